The number of likely N-dealkylation sites (N-methyl/N-ethyl adjacent to an activating group) is 2. The molecule has 3 amide bonds. The lowest BCUT2D eigenvalue weighted by atomic mass is 9.92. The second-order valence-corrected chi connectivity index (χ2v) is 20.3. The molecule has 1 aliphatic carbocycles. The Morgan fingerprint density at radius 1 is 1.10 bits per heavy atom. The van der Waals surface area contributed by atoms with Gasteiger partial charge in [-0.05, 0) is 50.4 Å². The van der Waals surface area contributed by atoms with Gasteiger partial charge in [0, 0.05) is 53.1 Å². The number of carbonyl (C=O) groups excluding carboxylic acids is 3. The average molecular weight is 730 g/mol. The van der Waals surface area contributed by atoms with Gasteiger partial charge in [-0.2, -0.15) is 0 Å². The van der Waals surface area contributed by atoms with E-state index in [0.717, 1.165) is 37.4 Å². The van der Waals surface area contributed by atoms with Crippen molar-refractivity contribution in [3.63, 3.8) is 0 Å². The summed E-state index contributed by atoms with van der Waals surface area (Å²) in [5.41, 5.74) is 1.18. The minimum atomic E-state index is -1.24. The highest BCUT2D eigenvalue weighted by Crippen LogP contribution is 2.42. The molecule has 14 nitrogen and oxygen atoms in total. The van der Waals surface area contributed by atoms with E-state index >= 15 is 0 Å². The summed E-state index contributed by atoms with van der Waals surface area (Å²) in [5.74, 6) is 0.864. The molecule has 0 spiro atoms. The van der Waals surface area contributed by atoms with Gasteiger partial charge in [-0.1, -0.05) is 39.4 Å². The van der Waals surface area contributed by atoms with Gasteiger partial charge in [0.25, 0.3) is 5.91 Å². The highest BCUT2D eigenvalue weighted by Gasteiger charge is 2.53. The van der Waals surface area contributed by atoms with E-state index in [1.807, 2.05) is 13.2 Å². The first-order valence-electron chi connectivity index (χ1n) is 18.2. The predicted molar refractivity (Wildman–Crippen MR) is 201 cm³/mol. The van der Waals surface area contributed by atoms with Crippen molar-refractivity contribution in [1.82, 2.24) is 25.3 Å². The van der Waals surface area contributed by atoms with E-state index in [-0.39, 0.29) is 30.0 Å². The SMILES string of the molecule is CC[C@@H]1C(=O)N(C)C2=CNC(Nc3ccc(C(=O)NCCOCCOCCN(C)C(=O)OCC[Si](C)(C)C)cc3OC)=NC2(C)N1C1CCCC1. The van der Waals surface area contributed by atoms with Crippen LogP contribution in [0.15, 0.2) is 35.1 Å². The second kappa shape index (κ2) is 18.2. The number of nitrogens with zero attached hydrogens (tertiary/aromatic N) is 4. The largest absolute Gasteiger partial charge is 0.495 e. The first-order valence-corrected chi connectivity index (χ1v) is 21.9. The molecule has 0 bridgehead atoms. The molecule has 51 heavy (non-hydrogen) atoms. The third-order valence-corrected chi connectivity index (χ3v) is 11.4. The van der Waals surface area contributed by atoms with E-state index in [1.54, 1.807) is 37.3 Å². The molecule has 1 unspecified atom stereocenters. The molecule has 2 atom stereocenters. The molecule has 2 fully saturated rings. The molecular formula is C36H59N7O7Si. The Morgan fingerprint density at radius 3 is 2.47 bits per heavy atom. The van der Waals surface area contributed by atoms with Crippen LogP contribution in [-0.4, -0.2) is 132 Å². The maximum absolute atomic E-state index is 13.4. The van der Waals surface area contributed by atoms with Crippen LogP contribution in [0.2, 0.25) is 25.7 Å². The summed E-state index contributed by atoms with van der Waals surface area (Å²) in [6.45, 7) is 13.5. The monoisotopic (exact) mass is 729 g/mol. The smallest absolute Gasteiger partial charge is 0.409 e. The minimum Gasteiger partial charge on any atom is -0.495 e. The number of amides is 3. The molecule has 1 saturated heterocycles. The molecule has 0 aromatic heterocycles. The number of rotatable bonds is 17. The van der Waals surface area contributed by atoms with Gasteiger partial charge in [0.05, 0.1) is 57.6 Å². The lowest BCUT2D eigenvalue weighted by Crippen LogP contribution is -2.68. The molecule has 3 aliphatic rings. The van der Waals surface area contributed by atoms with E-state index in [2.05, 4.69) is 54.3 Å². The predicted octanol–water partition coefficient (Wildman–Crippen LogP) is 4.29. The van der Waals surface area contributed by atoms with Gasteiger partial charge in [-0.15, -0.1) is 0 Å². The molecule has 3 N–H and O–H groups in total. The standard InChI is InChI=1S/C36H59N7O7Si/c1-9-29-33(45)42(4)31-25-38-34(40-36(31,2)43(29)27-12-10-11-13-27)39-28-15-14-26(24-30(28)47-5)32(44)37-16-18-48-20-21-49-19-17-41(3)35(46)50-22-23-51(6,7)8/h14-15,24-25,27,29H,9-13,16-23H2,1-8H3,(H,37,44)(H2,38,39,40)/t29-,36?/m1/s1. The fourth-order valence-corrected chi connectivity index (χ4v) is 7.46. The molecular weight excluding hydrogens is 671 g/mol. The highest BCUT2D eigenvalue weighted by molar-refractivity contribution is 6.76. The number of methoxy groups -OCH3 is 1. The van der Waals surface area contributed by atoms with Crippen LogP contribution in [0, 0.1) is 0 Å². The summed E-state index contributed by atoms with van der Waals surface area (Å²) in [6, 6.07) is 6.19. The molecule has 1 aromatic carbocycles. The Balaban J connectivity index is 1.22. The Morgan fingerprint density at radius 2 is 1.80 bits per heavy atom. The zero-order valence-corrected chi connectivity index (χ0v) is 32.8. The number of aliphatic imine (C=N–C) groups is 1. The number of guanidine groups is 1. The Hall–Kier alpha value is -3.66. The number of piperazine rings is 1. The highest BCUT2D eigenvalue weighted by atomic mass is 28.3. The third-order valence-electron chi connectivity index (χ3n) is 9.66. The van der Waals surface area contributed by atoms with Crippen molar-refractivity contribution in [2.24, 2.45) is 4.99 Å². The fourth-order valence-electron chi connectivity index (χ4n) is 6.75. The van der Waals surface area contributed by atoms with E-state index in [9.17, 15) is 14.4 Å². The van der Waals surface area contributed by atoms with Crippen molar-refractivity contribution >= 4 is 37.6 Å². The molecule has 284 valence electrons. The van der Waals surface area contributed by atoms with Gasteiger partial charge < -0.3 is 44.7 Å². The quantitative estimate of drug-likeness (QED) is 0.157. The summed E-state index contributed by atoms with van der Waals surface area (Å²) >= 11 is 0. The van der Waals surface area contributed by atoms with Gasteiger partial charge in [0.1, 0.15) is 5.75 Å². The Labute approximate surface area is 304 Å². The maximum atomic E-state index is 13.4. The molecule has 2 aliphatic heterocycles. The molecule has 0 radical (unpaired) electrons. The van der Waals surface area contributed by atoms with Gasteiger partial charge in [0.15, 0.2) is 5.66 Å². The van der Waals surface area contributed by atoms with Crippen LogP contribution in [0.4, 0.5) is 10.5 Å². The molecule has 2 heterocycles. The second-order valence-electron chi connectivity index (χ2n) is 14.7. The number of benzene rings is 1. The summed E-state index contributed by atoms with van der Waals surface area (Å²) in [7, 11) is 3.83. The Kier molecular flexibility index (Phi) is 14.3. The van der Waals surface area contributed by atoms with E-state index in [1.165, 1.54) is 4.90 Å². The van der Waals surface area contributed by atoms with Crippen LogP contribution >= 0.6 is 0 Å². The van der Waals surface area contributed by atoms with Crippen molar-refractivity contribution in [1.29, 1.82) is 0 Å². The normalized spacial score (nSPS) is 21.0. The first kappa shape index (κ1) is 40.1. The zero-order chi connectivity index (χ0) is 37.2. The number of anilines is 1. The number of fused-ring (bicyclic) bond motifs is 1. The van der Waals surface area contributed by atoms with Gasteiger partial charge in [0.2, 0.25) is 11.9 Å². The van der Waals surface area contributed by atoms with Gasteiger partial charge in [-0.3, -0.25) is 14.5 Å². The number of hydrogen-bond acceptors (Lipinski definition) is 11. The van der Waals surface area contributed by atoms with Crippen molar-refractivity contribution < 1.29 is 33.3 Å². The van der Waals surface area contributed by atoms with Crippen LogP contribution in [-0.2, 0) is 19.0 Å². The lowest BCUT2D eigenvalue weighted by Gasteiger charge is -2.54. The molecule has 1 saturated carbocycles. The fraction of sp³-hybridized carbons (Fsp3) is 0.667. The topological polar surface area (TPSA) is 146 Å². The summed E-state index contributed by atoms with van der Waals surface area (Å²) in [5, 5.41) is 9.46. The number of carbonyl (C=O) groups is 3. The molecule has 4 rings (SSSR count). The van der Waals surface area contributed by atoms with Crippen LogP contribution in [0.5, 0.6) is 5.75 Å². The summed E-state index contributed by atoms with van der Waals surface area (Å²) < 4.78 is 22.1. The van der Waals surface area contributed by atoms with Crippen molar-refractivity contribution in [3.8, 4) is 5.75 Å². The van der Waals surface area contributed by atoms with Crippen LogP contribution < -0.4 is 20.7 Å². The van der Waals surface area contributed by atoms with E-state index in [0.29, 0.717) is 75.5 Å². The molecule has 1 aromatic rings. The molecule has 15 heteroatoms. The van der Waals surface area contributed by atoms with E-state index in [4.69, 9.17) is 23.9 Å². The van der Waals surface area contributed by atoms with Crippen LogP contribution in [0.25, 0.3) is 0 Å². The van der Waals surface area contributed by atoms with Gasteiger partial charge >= 0.3 is 6.09 Å². The zero-order valence-electron chi connectivity index (χ0n) is 31.8. The van der Waals surface area contributed by atoms with Crippen molar-refractivity contribution in [2.45, 2.75) is 89.4 Å². The lowest BCUT2D eigenvalue weighted by molar-refractivity contribution is -0.146. The Bertz CT molecular complexity index is 1430. The van der Waals surface area contributed by atoms with Gasteiger partial charge in [-0.25, -0.2) is 9.79 Å². The average Bonchev–Trinajstić information content (AvgIpc) is 3.62. The summed E-state index contributed by atoms with van der Waals surface area (Å²) in [6.07, 6.45) is 6.65. The summed E-state index contributed by atoms with van der Waals surface area (Å²) in [4.78, 5) is 49.1. The van der Waals surface area contributed by atoms with Crippen molar-refractivity contribution in [3.05, 3.63) is 35.7 Å². The third kappa shape index (κ3) is 10.5. The first-order chi connectivity index (χ1) is 24.3. The van der Waals surface area contributed by atoms with Crippen molar-refractivity contribution in [2.75, 3.05) is 72.6 Å². The van der Waals surface area contributed by atoms with Crippen LogP contribution in [0.3, 0.4) is 0 Å². The number of hydrogen-bond donors (Lipinski definition) is 3. The van der Waals surface area contributed by atoms with E-state index < -0.39 is 13.7 Å². The minimum absolute atomic E-state index is 0.0983. The maximum Gasteiger partial charge on any atom is 0.409 e. The van der Waals surface area contributed by atoms with Crippen LogP contribution in [0.1, 0.15) is 56.3 Å². The number of ether oxygens (including phenoxy) is 4. The number of nitrogens with one attached hydrogen (secondary N) is 3.